The molecule has 0 aliphatic heterocycles. The number of rotatable bonds is 4. The van der Waals surface area contributed by atoms with Crippen molar-refractivity contribution in [3.63, 3.8) is 0 Å². The molecule has 0 fully saturated rings. The van der Waals surface area contributed by atoms with E-state index in [1.807, 2.05) is 42.5 Å². The maximum absolute atomic E-state index is 12.3. The molecule has 1 amide bonds. The van der Waals surface area contributed by atoms with E-state index in [-0.39, 0.29) is 12.5 Å². The van der Waals surface area contributed by atoms with E-state index >= 15 is 0 Å². The van der Waals surface area contributed by atoms with Gasteiger partial charge in [-0.3, -0.25) is 4.79 Å². The summed E-state index contributed by atoms with van der Waals surface area (Å²) in [7, 11) is 0. The lowest BCUT2D eigenvalue weighted by molar-refractivity contribution is -0.120. The van der Waals surface area contributed by atoms with Gasteiger partial charge in [-0.15, -0.1) is 0 Å². The molecule has 5 heteroatoms. The summed E-state index contributed by atoms with van der Waals surface area (Å²) in [5.41, 5.74) is 0.706. The molecule has 1 atom stereocenters. The molecule has 1 aromatic heterocycles. The molecular weight excluding hydrogens is 266 g/mol. The van der Waals surface area contributed by atoms with Crippen molar-refractivity contribution in [2.45, 2.75) is 6.04 Å². The molecule has 5 nitrogen and oxygen atoms in total. The lowest BCUT2D eigenvalue weighted by Crippen LogP contribution is -2.28. The number of imidazole rings is 1. The molecule has 0 radical (unpaired) electrons. The smallest absolute Gasteiger partial charge is 0.249 e. The highest BCUT2D eigenvalue weighted by molar-refractivity contribution is 5.96. The highest BCUT2D eigenvalue weighted by atomic mass is 16.3. The minimum absolute atomic E-state index is 0.272. The summed E-state index contributed by atoms with van der Waals surface area (Å²) in [5, 5.41) is 14.4. The standard InChI is InChI=1S/C16H15N3O2/c20-10-15(19-8-7-17-11-19)16(21)18-14-6-5-12-3-1-2-4-13(12)9-14/h1-9,11,15,20H,10H2,(H,18,21)/t15-/m0/s1. The average Bonchev–Trinajstić information content (AvgIpc) is 3.02. The van der Waals surface area contributed by atoms with Crippen LogP contribution in [0, 0.1) is 0 Å². The number of anilines is 1. The summed E-state index contributed by atoms with van der Waals surface area (Å²) >= 11 is 0. The van der Waals surface area contributed by atoms with E-state index in [0.717, 1.165) is 10.8 Å². The summed E-state index contributed by atoms with van der Waals surface area (Å²) < 4.78 is 1.58. The number of hydrogen-bond acceptors (Lipinski definition) is 3. The third kappa shape index (κ3) is 2.78. The number of fused-ring (bicyclic) bond motifs is 1. The molecule has 0 saturated heterocycles. The Morgan fingerprint density at radius 1 is 1.24 bits per heavy atom. The summed E-state index contributed by atoms with van der Waals surface area (Å²) in [6, 6.07) is 13.0. The van der Waals surface area contributed by atoms with Crippen LogP contribution in [0.15, 0.2) is 61.2 Å². The van der Waals surface area contributed by atoms with Gasteiger partial charge in [-0.25, -0.2) is 4.98 Å². The molecule has 2 N–H and O–H groups in total. The molecule has 0 aliphatic carbocycles. The largest absolute Gasteiger partial charge is 0.394 e. The van der Waals surface area contributed by atoms with Gasteiger partial charge in [0, 0.05) is 18.1 Å². The Hall–Kier alpha value is -2.66. The molecule has 0 unspecified atom stereocenters. The number of aliphatic hydroxyl groups excluding tert-OH is 1. The van der Waals surface area contributed by atoms with Crippen LogP contribution in [-0.2, 0) is 4.79 Å². The second-order valence-corrected chi connectivity index (χ2v) is 4.76. The fourth-order valence-corrected chi connectivity index (χ4v) is 2.26. The Bertz CT molecular complexity index is 753. The lowest BCUT2D eigenvalue weighted by Gasteiger charge is -2.15. The van der Waals surface area contributed by atoms with Gasteiger partial charge >= 0.3 is 0 Å². The minimum atomic E-state index is -0.682. The van der Waals surface area contributed by atoms with Crippen LogP contribution in [0.5, 0.6) is 0 Å². The van der Waals surface area contributed by atoms with Gasteiger partial charge in [0.25, 0.3) is 0 Å². The van der Waals surface area contributed by atoms with Crippen LogP contribution in [0.1, 0.15) is 6.04 Å². The fourth-order valence-electron chi connectivity index (χ4n) is 2.26. The van der Waals surface area contributed by atoms with Crippen LogP contribution in [0.2, 0.25) is 0 Å². The van der Waals surface area contributed by atoms with Crippen molar-refractivity contribution in [2.75, 3.05) is 11.9 Å². The molecule has 3 rings (SSSR count). The Morgan fingerprint density at radius 3 is 2.76 bits per heavy atom. The Kier molecular flexibility index (Phi) is 3.66. The molecule has 0 saturated carbocycles. The molecule has 1 heterocycles. The zero-order chi connectivity index (χ0) is 14.7. The van der Waals surface area contributed by atoms with Crippen LogP contribution in [0.3, 0.4) is 0 Å². The molecule has 0 aliphatic rings. The normalized spacial score (nSPS) is 12.2. The summed E-state index contributed by atoms with van der Waals surface area (Å²) in [4.78, 5) is 16.2. The number of aliphatic hydroxyl groups is 1. The highest BCUT2D eigenvalue weighted by Gasteiger charge is 2.19. The molecule has 2 aromatic carbocycles. The van der Waals surface area contributed by atoms with Crippen molar-refractivity contribution in [2.24, 2.45) is 0 Å². The van der Waals surface area contributed by atoms with Crippen molar-refractivity contribution < 1.29 is 9.90 Å². The lowest BCUT2D eigenvalue weighted by atomic mass is 10.1. The van der Waals surface area contributed by atoms with E-state index in [9.17, 15) is 9.90 Å². The first-order valence-electron chi connectivity index (χ1n) is 6.66. The first kappa shape index (κ1) is 13.3. The fraction of sp³-hybridized carbons (Fsp3) is 0.125. The van der Waals surface area contributed by atoms with Crippen molar-refractivity contribution in [1.29, 1.82) is 0 Å². The maximum Gasteiger partial charge on any atom is 0.249 e. The van der Waals surface area contributed by atoms with E-state index in [1.165, 1.54) is 6.33 Å². The number of carbonyl (C=O) groups excluding carboxylic acids is 1. The number of nitrogens with zero attached hydrogens (tertiary/aromatic N) is 2. The number of aromatic nitrogens is 2. The van der Waals surface area contributed by atoms with E-state index in [4.69, 9.17) is 0 Å². The average molecular weight is 281 g/mol. The first-order chi connectivity index (χ1) is 10.3. The molecular formula is C16H15N3O2. The van der Waals surface area contributed by atoms with Crippen LogP contribution in [0.4, 0.5) is 5.69 Å². The Labute approximate surface area is 121 Å². The number of carbonyl (C=O) groups is 1. The third-order valence-corrected chi connectivity index (χ3v) is 3.38. The van der Waals surface area contributed by atoms with Gasteiger partial charge in [0.15, 0.2) is 0 Å². The SMILES string of the molecule is O=C(Nc1ccc2ccccc2c1)[C@H](CO)n1ccnc1. The van der Waals surface area contributed by atoms with E-state index in [0.29, 0.717) is 5.69 Å². The second kappa shape index (κ2) is 5.76. The van der Waals surface area contributed by atoms with Gasteiger partial charge < -0.3 is 15.0 Å². The number of benzene rings is 2. The van der Waals surface area contributed by atoms with E-state index in [2.05, 4.69) is 10.3 Å². The van der Waals surface area contributed by atoms with E-state index < -0.39 is 6.04 Å². The molecule has 21 heavy (non-hydrogen) atoms. The monoisotopic (exact) mass is 281 g/mol. The van der Waals surface area contributed by atoms with Crippen molar-refractivity contribution in [3.05, 3.63) is 61.2 Å². The van der Waals surface area contributed by atoms with Crippen molar-refractivity contribution >= 4 is 22.4 Å². The van der Waals surface area contributed by atoms with Gasteiger partial charge in [-0.2, -0.15) is 0 Å². The first-order valence-corrected chi connectivity index (χ1v) is 6.66. The van der Waals surface area contributed by atoms with Crippen LogP contribution in [0.25, 0.3) is 10.8 Å². The van der Waals surface area contributed by atoms with Gasteiger partial charge in [-0.1, -0.05) is 30.3 Å². The molecule has 0 bridgehead atoms. The van der Waals surface area contributed by atoms with Crippen LogP contribution in [-0.4, -0.2) is 27.2 Å². The van der Waals surface area contributed by atoms with Gasteiger partial charge in [0.1, 0.15) is 6.04 Å². The minimum Gasteiger partial charge on any atom is -0.394 e. The Morgan fingerprint density at radius 2 is 2.05 bits per heavy atom. The zero-order valence-corrected chi connectivity index (χ0v) is 11.3. The summed E-state index contributed by atoms with van der Waals surface area (Å²) in [6.07, 6.45) is 4.74. The zero-order valence-electron chi connectivity index (χ0n) is 11.3. The highest BCUT2D eigenvalue weighted by Crippen LogP contribution is 2.20. The second-order valence-electron chi connectivity index (χ2n) is 4.76. The van der Waals surface area contributed by atoms with Crippen molar-refractivity contribution in [1.82, 2.24) is 9.55 Å². The predicted octanol–water partition coefficient (Wildman–Crippen LogP) is 2.21. The van der Waals surface area contributed by atoms with Gasteiger partial charge in [0.2, 0.25) is 5.91 Å². The summed E-state index contributed by atoms with van der Waals surface area (Å²) in [5.74, 6) is -0.272. The predicted molar refractivity (Wildman–Crippen MR) is 80.9 cm³/mol. The number of hydrogen-bond donors (Lipinski definition) is 2. The van der Waals surface area contributed by atoms with Crippen molar-refractivity contribution in [3.8, 4) is 0 Å². The van der Waals surface area contributed by atoms with Crippen LogP contribution >= 0.6 is 0 Å². The number of nitrogens with one attached hydrogen (secondary N) is 1. The van der Waals surface area contributed by atoms with Gasteiger partial charge in [0.05, 0.1) is 12.9 Å². The quantitative estimate of drug-likeness (QED) is 0.770. The summed E-state index contributed by atoms with van der Waals surface area (Å²) in [6.45, 7) is -0.282. The van der Waals surface area contributed by atoms with Crippen LogP contribution < -0.4 is 5.32 Å². The molecule has 0 spiro atoms. The maximum atomic E-state index is 12.3. The number of amides is 1. The Balaban J connectivity index is 1.82. The van der Waals surface area contributed by atoms with Gasteiger partial charge in [-0.05, 0) is 22.9 Å². The third-order valence-electron chi connectivity index (χ3n) is 3.38. The van der Waals surface area contributed by atoms with E-state index in [1.54, 1.807) is 17.0 Å². The molecule has 3 aromatic rings. The molecule has 106 valence electrons. The topological polar surface area (TPSA) is 67.2 Å².